The number of hydrogen-bond acceptors (Lipinski definition) is 4. The summed E-state index contributed by atoms with van der Waals surface area (Å²) in [5.74, 6) is 0.446. The van der Waals surface area contributed by atoms with Gasteiger partial charge in [-0.15, -0.1) is 0 Å². The van der Waals surface area contributed by atoms with E-state index in [2.05, 4.69) is 10.3 Å². The van der Waals surface area contributed by atoms with Gasteiger partial charge in [0, 0.05) is 29.0 Å². The molecule has 0 bridgehead atoms. The molecule has 2 N–H and O–H groups in total. The minimum absolute atomic E-state index is 0.170. The Labute approximate surface area is 179 Å². The number of methoxy groups -OCH3 is 1. The number of imide groups is 1. The van der Waals surface area contributed by atoms with Crippen molar-refractivity contribution in [1.82, 2.24) is 10.3 Å². The number of aromatic nitrogens is 1. The van der Waals surface area contributed by atoms with Crippen LogP contribution in [0, 0.1) is 0 Å². The Balaban J connectivity index is 1.30. The average molecular weight is 413 g/mol. The monoisotopic (exact) mass is 413 g/mol. The lowest BCUT2D eigenvalue weighted by atomic mass is 10.1. The molecule has 2 amide bonds. The van der Waals surface area contributed by atoms with Crippen LogP contribution in [0.5, 0.6) is 5.75 Å². The Bertz CT molecular complexity index is 1290. The fraction of sp³-hybridized carbons (Fsp3) is 0.200. The minimum atomic E-state index is -0.508. The number of fused-ring (bicyclic) bond motifs is 2. The van der Waals surface area contributed by atoms with E-state index < -0.39 is 6.04 Å². The quantitative estimate of drug-likeness (QED) is 0.472. The second-order valence-electron chi connectivity index (χ2n) is 7.75. The Kier molecular flexibility index (Phi) is 4.92. The molecule has 0 saturated carbocycles. The highest BCUT2D eigenvalue weighted by atomic mass is 16.5. The van der Waals surface area contributed by atoms with Gasteiger partial charge >= 0.3 is 0 Å². The van der Waals surface area contributed by atoms with Crippen molar-refractivity contribution >= 4 is 39.2 Å². The summed E-state index contributed by atoms with van der Waals surface area (Å²) in [6.07, 6.45) is 2.89. The van der Waals surface area contributed by atoms with Gasteiger partial charge in [0.2, 0.25) is 5.91 Å². The Morgan fingerprint density at radius 3 is 2.77 bits per heavy atom. The highest BCUT2D eigenvalue weighted by Gasteiger charge is 2.39. The lowest BCUT2D eigenvalue weighted by Gasteiger charge is -2.17. The molecule has 0 radical (unpaired) electrons. The first kappa shape index (κ1) is 19.3. The van der Waals surface area contributed by atoms with Crippen molar-refractivity contribution in [3.8, 4) is 5.75 Å². The van der Waals surface area contributed by atoms with E-state index in [9.17, 15) is 9.59 Å². The number of benzene rings is 3. The summed E-state index contributed by atoms with van der Waals surface area (Å²) in [5.41, 5.74) is 2.84. The molecule has 0 spiro atoms. The number of carbonyl (C=O) groups excluding carboxylic acids is 2. The molecule has 31 heavy (non-hydrogen) atoms. The molecule has 156 valence electrons. The van der Waals surface area contributed by atoms with Crippen molar-refractivity contribution in [3.63, 3.8) is 0 Å². The zero-order chi connectivity index (χ0) is 21.4. The predicted molar refractivity (Wildman–Crippen MR) is 121 cm³/mol. The fourth-order valence-electron chi connectivity index (χ4n) is 4.32. The van der Waals surface area contributed by atoms with E-state index in [1.165, 1.54) is 4.90 Å². The molecule has 6 nitrogen and oxygen atoms in total. The van der Waals surface area contributed by atoms with E-state index >= 15 is 0 Å². The van der Waals surface area contributed by atoms with Crippen molar-refractivity contribution < 1.29 is 14.3 Å². The highest BCUT2D eigenvalue weighted by Crippen LogP contribution is 2.31. The predicted octanol–water partition coefficient (Wildman–Crippen LogP) is 3.79. The van der Waals surface area contributed by atoms with Crippen LogP contribution in [-0.2, 0) is 16.0 Å². The fourth-order valence-corrected chi connectivity index (χ4v) is 4.32. The standard InChI is InChI=1S/C25H23N3O3/c1-31-18-9-10-21-20(13-18)17(15-27-21)11-12-26-22-14-24(29)28(25(22)30)23-8-4-6-16-5-2-3-7-19(16)23/h2-10,13,15,22,26-27H,11-12,14H2,1H3. The first-order valence-corrected chi connectivity index (χ1v) is 10.4. The van der Waals surface area contributed by atoms with Gasteiger partial charge in [-0.1, -0.05) is 36.4 Å². The van der Waals surface area contributed by atoms with E-state index in [0.29, 0.717) is 12.2 Å². The van der Waals surface area contributed by atoms with E-state index in [1.807, 2.05) is 66.9 Å². The van der Waals surface area contributed by atoms with Crippen LogP contribution in [0.4, 0.5) is 5.69 Å². The first-order valence-electron chi connectivity index (χ1n) is 10.4. The third kappa shape index (κ3) is 3.45. The van der Waals surface area contributed by atoms with Crippen LogP contribution >= 0.6 is 0 Å². The van der Waals surface area contributed by atoms with Crippen LogP contribution in [0.2, 0.25) is 0 Å². The van der Waals surface area contributed by atoms with Gasteiger partial charge in [-0.25, -0.2) is 4.90 Å². The van der Waals surface area contributed by atoms with Gasteiger partial charge in [0.25, 0.3) is 5.91 Å². The van der Waals surface area contributed by atoms with E-state index in [1.54, 1.807) is 7.11 Å². The summed E-state index contributed by atoms with van der Waals surface area (Å²) < 4.78 is 5.33. The van der Waals surface area contributed by atoms with Crippen molar-refractivity contribution in [2.45, 2.75) is 18.9 Å². The second kappa shape index (κ2) is 7.89. The number of rotatable bonds is 6. The van der Waals surface area contributed by atoms with Crippen LogP contribution in [0.3, 0.4) is 0 Å². The maximum Gasteiger partial charge on any atom is 0.251 e. The molecule has 1 aliphatic rings. The normalized spacial score (nSPS) is 16.5. The number of nitrogens with one attached hydrogen (secondary N) is 2. The average Bonchev–Trinajstić information content (AvgIpc) is 3.33. The number of H-pyrrole nitrogens is 1. The molecular formula is C25H23N3O3. The molecular weight excluding hydrogens is 390 g/mol. The van der Waals surface area contributed by atoms with E-state index in [-0.39, 0.29) is 18.2 Å². The Morgan fingerprint density at radius 1 is 1.06 bits per heavy atom. The van der Waals surface area contributed by atoms with Gasteiger partial charge in [0.1, 0.15) is 5.75 Å². The molecule has 1 unspecified atom stereocenters. The highest BCUT2D eigenvalue weighted by molar-refractivity contribution is 6.25. The summed E-state index contributed by atoms with van der Waals surface area (Å²) in [7, 11) is 1.65. The van der Waals surface area contributed by atoms with Crippen molar-refractivity contribution in [3.05, 3.63) is 72.4 Å². The SMILES string of the molecule is COc1ccc2[nH]cc(CCNC3CC(=O)N(c4cccc5ccccc45)C3=O)c2c1. The number of nitrogens with zero attached hydrogens (tertiary/aromatic N) is 1. The Hall–Kier alpha value is -3.64. The first-order chi connectivity index (χ1) is 15.2. The summed E-state index contributed by atoms with van der Waals surface area (Å²) in [4.78, 5) is 30.4. The van der Waals surface area contributed by atoms with Crippen molar-refractivity contribution in [1.29, 1.82) is 0 Å². The number of aromatic amines is 1. The summed E-state index contributed by atoms with van der Waals surface area (Å²) in [5, 5.41) is 6.30. The molecule has 1 fully saturated rings. The lowest BCUT2D eigenvalue weighted by molar-refractivity contribution is -0.121. The minimum Gasteiger partial charge on any atom is -0.497 e. The van der Waals surface area contributed by atoms with Gasteiger partial charge < -0.3 is 15.0 Å². The smallest absolute Gasteiger partial charge is 0.251 e. The molecule has 6 heteroatoms. The van der Waals surface area contributed by atoms with Crippen LogP contribution in [0.1, 0.15) is 12.0 Å². The molecule has 3 aromatic carbocycles. The number of hydrogen-bond donors (Lipinski definition) is 2. The Morgan fingerprint density at radius 2 is 1.90 bits per heavy atom. The van der Waals surface area contributed by atoms with Gasteiger partial charge in [-0.05, 0) is 41.6 Å². The maximum absolute atomic E-state index is 13.1. The molecule has 4 aromatic rings. The number of anilines is 1. The van der Waals surface area contributed by atoms with Gasteiger partial charge in [-0.3, -0.25) is 9.59 Å². The van der Waals surface area contributed by atoms with Crippen LogP contribution in [0.25, 0.3) is 21.7 Å². The lowest BCUT2D eigenvalue weighted by Crippen LogP contribution is -2.39. The molecule has 2 heterocycles. The third-order valence-corrected chi connectivity index (χ3v) is 5.91. The third-order valence-electron chi connectivity index (χ3n) is 5.91. The topological polar surface area (TPSA) is 74.4 Å². The number of amides is 2. The molecule has 0 aliphatic carbocycles. The van der Waals surface area contributed by atoms with Gasteiger partial charge in [-0.2, -0.15) is 0 Å². The zero-order valence-corrected chi connectivity index (χ0v) is 17.2. The zero-order valence-electron chi connectivity index (χ0n) is 17.2. The van der Waals surface area contributed by atoms with Gasteiger partial charge in [0.15, 0.2) is 0 Å². The van der Waals surface area contributed by atoms with Gasteiger partial charge in [0.05, 0.1) is 25.3 Å². The van der Waals surface area contributed by atoms with Crippen LogP contribution < -0.4 is 15.0 Å². The number of ether oxygens (including phenoxy) is 1. The van der Waals surface area contributed by atoms with Crippen molar-refractivity contribution in [2.75, 3.05) is 18.6 Å². The van der Waals surface area contributed by atoms with E-state index in [0.717, 1.165) is 39.4 Å². The van der Waals surface area contributed by atoms with Crippen molar-refractivity contribution in [2.24, 2.45) is 0 Å². The number of carbonyl (C=O) groups is 2. The second-order valence-corrected chi connectivity index (χ2v) is 7.75. The maximum atomic E-state index is 13.1. The largest absolute Gasteiger partial charge is 0.497 e. The summed E-state index contributed by atoms with van der Waals surface area (Å²) in [6.45, 7) is 0.594. The van der Waals surface area contributed by atoms with E-state index in [4.69, 9.17) is 4.74 Å². The molecule has 1 aliphatic heterocycles. The summed E-state index contributed by atoms with van der Waals surface area (Å²) in [6, 6.07) is 18.9. The van der Waals surface area contributed by atoms with Crippen LogP contribution in [0.15, 0.2) is 66.9 Å². The molecule has 1 aromatic heterocycles. The molecule has 1 saturated heterocycles. The summed E-state index contributed by atoms with van der Waals surface area (Å²) >= 11 is 0. The van der Waals surface area contributed by atoms with Crippen LogP contribution in [-0.4, -0.2) is 36.5 Å². The molecule has 1 atom stereocenters. The molecule has 5 rings (SSSR count).